The Morgan fingerprint density at radius 3 is 2.53 bits per heavy atom. The van der Waals surface area contributed by atoms with Gasteiger partial charge in [0.25, 0.3) is 5.91 Å². The highest BCUT2D eigenvalue weighted by Crippen LogP contribution is 2.18. The molecule has 0 unspecified atom stereocenters. The van der Waals surface area contributed by atoms with Crippen LogP contribution in [0, 0.1) is 0 Å². The van der Waals surface area contributed by atoms with E-state index in [1.807, 2.05) is 0 Å². The SMILES string of the molecule is O=C(CCCNC(=O)c1ccc(O)cc1)NC1CC1. The first-order valence-corrected chi connectivity index (χ1v) is 6.52. The summed E-state index contributed by atoms with van der Waals surface area (Å²) in [6.45, 7) is 0.470. The van der Waals surface area contributed by atoms with Gasteiger partial charge in [0, 0.05) is 24.6 Å². The highest BCUT2D eigenvalue weighted by Gasteiger charge is 2.22. The predicted octanol–water partition coefficient (Wildman–Crippen LogP) is 1.18. The smallest absolute Gasteiger partial charge is 0.251 e. The maximum absolute atomic E-state index is 11.7. The van der Waals surface area contributed by atoms with Crippen molar-refractivity contribution < 1.29 is 14.7 Å². The van der Waals surface area contributed by atoms with E-state index in [9.17, 15) is 9.59 Å². The van der Waals surface area contributed by atoms with E-state index < -0.39 is 0 Å². The number of phenolic OH excluding ortho intramolecular Hbond substituents is 1. The summed E-state index contributed by atoms with van der Waals surface area (Å²) in [5.74, 6) is -0.00252. The topological polar surface area (TPSA) is 78.4 Å². The zero-order chi connectivity index (χ0) is 13.7. The van der Waals surface area contributed by atoms with Gasteiger partial charge in [-0.25, -0.2) is 0 Å². The summed E-state index contributed by atoms with van der Waals surface area (Å²) in [7, 11) is 0. The standard InChI is InChI=1S/C14H18N2O3/c17-12-7-3-10(4-8-12)14(19)15-9-1-2-13(18)16-11-5-6-11/h3-4,7-8,11,17H,1-2,5-6,9H2,(H,15,19)(H,16,18). The van der Waals surface area contributed by atoms with Crippen LogP contribution in [0.4, 0.5) is 0 Å². The third-order valence-corrected chi connectivity index (χ3v) is 2.94. The Bertz CT molecular complexity index is 452. The minimum absolute atomic E-state index is 0.0568. The van der Waals surface area contributed by atoms with Crippen molar-refractivity contribution in [3.8, 4) is 5.75 Å². The summed E-state index contributed by atoms with van der Waals surface area (Å²) in [6.07, 6.45) is 3.24. The third kappa shape index (κ3) is 4.62. The number of hydrogen-bond acceptors (Lipinski definition) is 3. The molecule has 0 aliphatic heterocycles. The lowest BCUT2D eigenvalue weighted by molar-refractivity contribution is -0.121. The lowest BCUT2D eigenvalue weighted by Crippen LogP contribution is -2.28. The maximum Gasteiger partial charge on any atom is 0.251 e. The van der Waals surface area contributed by atoms with Gasteiger partial charge in [-0.1, -0.05) is 0 Å². The molecule has 1 aliphatic carbocycles. The Balaban J connectivity index is 1.63. The molecule has 5 nitrogen and oxygen atoms in total. The number of nitrogens with one attached hydrogen (secondary N) is 2. The second-order valence-electron chi connectivity index (χ2n) is 4.75. The number of rotatable bonds is 6. The Hall–Kier alpha value is -2.04. The van der Waals surface area contributed by atoms with Gasteiger partial charge in [0.2, 0.25) is 5.91 Å². The highest BCUT2D eigenvalue weighted by molar-refractivity contribution is 5.94. The van der Waals surface area contributed by atoms with Crippen molar-refractivity contribution in [1.82, 2.24) is 10.6 Å². The predicted molar refractivity (Wildman–Crippen MR) is 70.8 cm³/mol. The molecule has 102 valence electrons. The van der Waals surface area contributed by atoms with Gasteiger partial charge in [-0.05, 0) is 43.5 Å². The number of hydrogen-bond donors (Lipinski definition) is 3. The van der Waals surface area contributed by atoms with E-state index in [-0.39, 0.29) is 17.6 Å². The Morgan fingerprint density at radius 1 is 1.21 bits per heavy atom. The lowest BCUT2D eigenvalue weighted by atomic mass is 10.2. The minimum atomic E-state index is -0.192. The monoisotopic (exact) mass is 262 g/mol. The molecule has 3 N–H and O–H groups in total. The zero-order valence-corrected chi connectivity index (χ0v) is 10.7. The van der Waals surface area contributed by atoms with E-state index in [1.54, 1.807) is 12.1 Å². The summed E-state index contributed by atoms with van der Waals surface area (Å²) < 4.78 is 0. The molecule has 0 saturated heterocycles. The van der Waals surface area contributed by atoms with Crippen molar-refractivity contribution in [2.45, 2.75) is 31.7 Å². The molecule has 5 heteroatoms. The molecule has 0 bridgehead atoms. The first kappa shape index (κ1) is 13.4. The lowest BCUT2D eigenvalue weighted by Gasteiger charge is -2.06. The molecule has 1 saturated carbocycles. The number of phenols is 1. The summed E-state index contributed by atoms with van der Waals surface area (Å²) in [5, 5.41) is 14.8. The van der Waals surface area contributed by atoms with Crippen LogP contribution in [0.5, 0.6) is 5.75 Å². The molecule has 19 heavy (non-hydrogen) atoms. The van der Waals surface area contributed by atoms with Crippen LogP contribution in [0.1, 0.15) is 36.0 Å². The van der Waals surface area contributed by atoms with Crippen molar-refractivity contribution in [3.63, 3.8) is 0 Å². The molecule has 1 fully saturated rings. The molecule has 1 aromatic rings. The largest absolute Gasteiger partial charge is 0.508 e. The van der Waals surface area contributed by atoms with Gasteiger partial charge >= 0.3 is 0 Å². The zero-order valence-electron chi connectivity index (χ0n) is 10.7. The number of carbonyl (C=O) groups is 2. The van der Waals surface area contributed by atoms with Crippen LogP contribution < -0.4 is 10.6 Å². The molecule has 0 radical (unpaired) electrons. The first-order chi connectivity index (χ1) is 9.15. The van der Waals surface area contributed by atoms with Crippen LogP contribution in [0.2, 0.25) is 0 Å². The molecule has 2 amide bonds. The average molecular weight is 262 g/mol. The van der Waals surface area contributed by atoms with Crippen molar-refractivity contribution in [2.75, 3.05) is 6.54 Å². The molecule has 0 aromatic heterocycles. The minimum Gasteiger partial charge on any atom is -0.508 e. The fraction of sp³-hybridized carbons (Fsp3) is 0.429. The van der Waals surface area contributed by atoms with Crippen LogP contribution in [0.3, 0.4) is 0 Å². The molecule has 2 rings (SSSR count). The van der Waals surface area contributed by atoms with Crippen molar-refractivity contribution in [3.05, 3.63) is 29.8 Å². The number of benzene rings is 1. The van der Waals surface area contributed by atoms with Crippen molar-refractivity contribution in [2.24, 2.45) is 0 Å². The molecule has 0 atom stereocenters. The normalized spacial score (nSPS) is 13.9. The molecule has 0 heterocycles. The van der Waals surface area contributed by atoms with E-state index in [0.717, 1.165) is 12.8 Å². The highest BCUT2D eigenvalue weighted by atomic mass is 16.3. The third-order valence-electron chi connectivity index (χ3n) is 2.94. The molecule has 1 aliphatic rings. The van der Waals surface area contributed by atoms with E-state index in [4.69, 9.17) is 5.11 Å². The summed E-state index contributed by atoms with van der Waals surface area (Å²) in [5.41, 5.74) is 0.500. The second kappa shape index (κ2) is 6.22. The van der Waals surface area contributed by atoms with E-state index in [1.165, 1.54) is 12.1 Å². The second-order valence-corrected chi connectivity index (χ2v) is 4.75. The summed E-state index contributed by atoms with van der Waals surface area (Å²) in [6, 6.07) is 6.45. The van der Waals surface area contributed by atoms with Crippen LogP contribution in [-0.4, -0.2) is 29.5 Å². The number of aromatic hydroxyl groups is 1. The van der Waals surface area contributed by atoms with Gasteiger partial charge in [0.1, 0.15) is 5.75 Å². The van der Waals surface area contributed by atoms with Gasteiger partial charge in [0.05, 0.1) is 0 Å². The first-order valence-electron chi connectivity index (χ1n) is 6.52. The molecule has 1 aromatic carbocycles. The summed E-state index contributed by atoms with van der Waals surface area (Å²) >= 11 is 0. The van der Waals surface area contributed by atoms with Crippen LogP contribution >= 0.6 is 0 Å². The van der Waals surface area contributed by atoms with Gasteiger partial charge in [-0.2, -0.15) is 0 Å². The van der Waals surface area contributed by atoms with E-state index in [0.29, 0.717) is 31.0 Å². The Labute approximate surface area is 112 Å². The Kier molecular flexibility index (Phi) is 4.39. The quantitative estimate of drug-likeness (QED) is 0.674. The fourth-order valence-corrected chi connectivity index (χ4v) is 1.69. The molecular formula is C14H18N2O3. The van der Waals surface area contributed by atoms with E-state index in [2.05, 4.69) is 10.6 Å². The average Bonchev–Trinajstić information content (AvgIpc) is 3.19. The van der Waals surface area contributed by atoms with Crippen LogP contribution in [0.25, 0.3) is 0 Å². The number of carbonyl (C=O) groups excluding carboxylic acids is 2. The van der Waals surface area contributed by atoms with Crippen molar-refractivity contribution in [1.29, 1.82) is 0 Å². The number of amides is 2. The van der Waals surface area contributed by atoms with Crippen molar-refractivity contribution >= 4 is 11.8 Å². The molecular weight excluding hydrogens is 244 g/mol. The maximum atomic E-state index is 11.7. The van der Waals surface area contributed by atoms with Gasteiger partial charge in [-0.15, -0.1) is 0 Å². The molecule has 0 spiro atoms. The van der Waals surface area contributed by atoms with Crippen LogP contribution in [-0.2, 0) is 4.79 Å². The van der Waals surface area contributed by atoms with Gasteiger partial charge in [0.15, 0.2) is 0 Å². The Morgan fingerprint density at radius 2 is 1.89 bits per heavy atom. The van der Waals surface area contributed by atoms with Crippen LogP contribution in [0.15, 0.2) is 24.3 Å². The fourth-order valence-electron chi connectivity index (χ4n) is 1.69. The summed E-state index contributed by atoms with van der Waals surface area (Å²) in [4.78, 5) is 23.1. The van der Waals surface area contributed by atoms with Gasteiger partial charge < -0.3 is 15.7 Å². The van der Waals surface area contributed by atoms with Gasteiger partial charge in [-0.3, -0.25) is 9.59 Å². The van der Waals surface area contributed by atoms with E-state index >= 15 is 0 Å².